The number of amides is 1. The van der Waals surface area contributed by atoms with Crippen LogP contribution in [-0.4, -0.2) is 28.7 Å². The highest BCUT2D eigenvalue weighted by atomic mass is 35.5. The van der Waals surface area contributed by atoms with E-state index in [9.17, 15) is 4.79 Å². The van der Waals surface area contributed by atoms with Gasteiger partial charge in [-0.25, -0.2) is 0 Å². The highest BCUT2D eigenvalue weighted by Gasteiger charge is 2.23. The number of nitrogens with zero attached hydrogens (tertiary/aromatic N) is 1. The van der Waals surface area contributed by atoms with Gasteiger partial charge in [-0.2, -0.15) is 5.10 Å². The molecule has 1 saturated carbocycles. The molecule has 6 heteroatoms. The van der Waals surface area contributed by atoms with Crippen molar-refractivity contribution in [3.63, 3.8) is 0 Å². The third-order valence-electron chi connectivity index (χ3n) is 4.21. The Morgan fingerprint density at radius 1 is 1.20 bits per heavy atom. The molecule has 1 fully saturated rings. The maximum absolute atomic E-state index is 12.3. The number of H-pyrrole nitrogens is 1. The lowest BCUT2D eigenvalue weighted by molar-refractivity contribution is 0.0927. The molecule has 112 valence electrons. The average molecular weight is 299 g/mol. The summed E-state index contributed by atoms with van der Waals surface area (Å²) in [5.41, 5.74) is 2.76. The fourth-order valence-electron chi connectivity index (χ4n) is 3.09. The summed E-state index contributed by atoms with van der Waals surface area (Å²) in [5.74, 6) is -0.00639. The van der Waals surface area contributed by atoms with Crippen molar-refractivity contribution < 1.29 is 4.79 Å². The van der Waals surface area contributed by atoms with Gasteiger partial charge in [-0.3, -0.25) is 9.89 Å². The topological polar surface area (TPSA) is 69.8 Å². The zero-order chi connectivity index (χ0) is 13.1. The minimum absolute atomic E-state index is 0. The van der Waals surface area contributed by atoms with Crippen LogP contribution in [0.5, 0.6) is 0 Å². The number of halogens is 1. The summed E-state index contributed by atoms with van der Waals surface area (Å²) in [4.78, 5) is 12.3. The number of fused-ring (bicyclic) bond motifs is 1. The second kappa shape index (κ2) is 7.09. The van der Waals surface area contributed by atoms with Gasteiger partial charge in [-0.15, -0.1) is 12.4 Å². The summed E-state index contributed by atoms with van der Waals surface area (Å²) < 4.78 is 0. The zero-order valence-corrected chi connectivity index (χ0v) is 12.5. The maximum atomic E-state index is 12.3. The van der Waals surface area contributed by atoms with Crippen molar-refractivity contribution >= 4 is 18.3 Å². The summed E-state index contributed by atoms with van der Waals surface area (Å²) in [6.45, 7) is 1.71. The van der Waals surface area contributed by atoms with Crippen LogP contribution in [0.4, 0.5) is 0 Å². The lowest BCUT2D eigenvalue weighted by Crippen LogP contribution is -2.35. The van der Waals surface area contributed by atoms with Crippen LogP contribution in [0.2, 0.25) is 0 Å². The Morgan fingerprint density at radius 3 is 2.70 bits per heavy atom. The van der Waals surface area contributed by atoms with Crippen LogP contribution in [0, 0.1) is 0 Å². The van der Waals surface area contributed by atoms with E-state index in [-0.39, 0.29) is 18.3 Å². The second-order valence-electron chi connectivity index (χ2n) is 5.62. The van der Waals surface area contributed by atoms with E-state index in [4.69, 9.17) is 0 Å². The number of aromatic nitrogens is 2. The molecule has 1 aromatic heterocycles. The summed E-state index contributed by atoms with van der Waals surface area (Å²) in [6, 6.07) is 0.332. The van der Waals surface area contributed by atoms with Crippen molar-refractivity contribution in [1.82, 2.24) is 20.8 Å². The third kappa shape index (κ3) is 3.33. The molecule has 1 aliphatic carbocycles. The first kappa shape index (κ1) is 15.3. The normalized spacial score (nSPS) is 19.6. The number of aromatic amines is 1. The van der Waals surface area contributed by atoms with Gasteiger partial charge in [-0.05, 0) is 12.8 Å². The largest absolute Gasteiger partial charge is 0.348 e. The van der Waals surface area contributed by atoms with Gasteiger partial charge in [0.25, 0.3) is 5.91 Å². The molecule has 2 heterocycles. The molecule has 0 spiro atoms. The highest BCUT2D eigenvalue weighted by molar-refractivity contribution is 5.94. The molecule has 0 unspecified atom stereocenters. The van der Waals surface area contributed by atoms with Gasteiger partial charge in [0.15, 0.2) is 5.69 Å². The lowest BCUT2D eigenvalue weighted by Gasteiger charge is -2.17. The number of hydrogen-bond acceptors (Lipinski definition) is 3. The van der Waals surface area contributed by atoms with Gasteiger partial charge in [-0.1, -0.05) is 25.7 Å². The van der Waals surface area contributed by atoms with Gasteiger partial charge in [0, 0.05) is 36.8 Å². The zero-order valence-electron chi connectivity index (χ0n) is 11.7. The Bertz CT molecular complexity index is 452. The van der Waals surface area contributed by atoms with Gasteiger partial charge in [0.2, 0.25) is 0 Å². The summed E-state index contributed by atoms with van der Waals surface area (Å²) >= 11 is 0. The molecule has 0 bridgehead atoms. The van der Waals surface area contributed by atoms with Crippen molar-refractivity contribution in [2.75, 3.05) is 6.54 Å². The Balaban J connectivity index is 0.00000147. The number of rotatable bonds is 2. The van der Waals surface area contributed by atoms with Crippen molar-refractivity contribution in [3.05, 3.63) is 17.0 Å². The molecule has 0 atom stereocenters. The average Bonchev–Trinajstić information content (AvgIpc) is 2.70. The predicted octanol–water partition coefficient (Wildman–Crippen LogP) is 1.93. The molecule has 1 aromatic rings. The van der Waals surface area contributed by atoms with Crippen molar-refractivity contribution in [3.8, 4) is 0 Å². The lowest BCUT2D eigenvalue weighted by atomic mass is 10.1. The molecule has 2 aliphatic rings. The van der Waals surface area contributed by atoms with Crippen LogP contribution in [-0.2, 0) is 13.0 Å². The number of hydrogen-bond donors (Lipinski definition) is 3. The Kier molecular flexibility index (Phi) is 5.43. The fourth-order valence-corrected chi connectivity index (χ4v) is 3.09. The molecular weight excluding hydrogens is 276 g/mol. The predicted molar refractivity (Wildman–Crippen MR) is 80.2 cm³/mol. The molecule has 3 rings (SSSR count). The van der Waals surface area contributed by atoms with E-state index in [2.05, 4.69) is 20.8 Å². The minimum Gasteiger partial charge on any atom is -0.348 e. The standard InChI is InChI=1S/C14H22N4O.ClH/c19-14(16-10-5-3-1-2-4-6-10)13-11-9-15-8-7-12(11)17-18-13;/h10,15H,1-9H2,(H,16,19)(H,17,18);1H. The Morgan fingerprint density at radius 2 is 1.95 bits per heavy atom. The molecule has 20 heavy (non-hydrogen) atoms. The SMILES string of the molecule is Cl.O=C(NC1CCCCCC1)c1n[nH]c2c1CNCC2. The molecule has 0 aromatic carbocycles. The van der Waals surface area contributed by atoms with E-state index >= 15 is 0 Å². The molecule has 0 saturated heterocycles. The maximum Gasteiger partial charge on any atom is 0.272 e. The van der Waals surface area contributed by atoms with Gasteiger partial charge in [0.05, 0.1) is 0 Å². The molecule has 0 radical (unpaired) electrons. The Hall–Kier alpha value is -1.07. The van der Waals surface area contributed by atoms with Crippen LogP contribution in [0.15, 0.2) is 0 Å². The number of carbonyl (C=O) groups excluding carboxylic acids is 1. The fraction of sp³-hybridized carbons (Fsp3) is 0.714. The van der Waals surface area contributed by atoms with E-state index in [1.165, 1.54) is 25.7 Å². The summed E-state index contributed by atoms with van der Waals surface area (Å²) in [6.07, 6.45) is 8.20. The quantitative estimate of drug-likeness (QED) is 0.731. The molecule has 1 aliphatic heterocycles. The Labute approximate surface area is 125 Å². The smallest absolute Gasteiger partial charge is 0.272 e. The molecule has 5 nitrogen and oxygen atoms in total. The van der Waals surface area contributed by atoms with Crippen molar-refractivity contribution in [1.29, 1.82) is 0 Å². The first-order valence-electron chi connectivity index (χ1n) is 7.42. The van der Waals surface area contributed by atoms with E-state index in [1.807, 2.05) is 0 Å². The molecule has 1 amide bonds. The van der Waals surface area contributed by atoms with E-state index in [0.29, 0.717) is 11.7 Å². The van der Waals surface area contributed by atoms with Crippen molar-refractivity contribution in [2.45, 2.75) is 57.5 Å². The second-order valence-corrected chi connectivity index (χ2v) is 5.62. The van der Waals surface area contributed by atoms with E-state index < -0.39 is 0 Å². The first-order valence-corrected chi connectivity index (χ1v) is 7.42. The molecule has 3 N–H and O–H groups in total. The molecular formula is C14H23ClN4O. The third-order valence-corrected chi connectivity index (χ3v) is 4.21. The van der Waals surface area contributed by atoms with E-state index in [1.54, 1.807) is 0 Å². The monoisotopic (exact) mass is 298 g/mol. The van der Waals surface area contributed by atoms with Gasteiger partial charge >= 0.3 is 0 Å². The van der Waals surface area contributed by atoms with Gasteiger partial charge < -0.3 is 10.6 Å². The van der Waals surface area contributed by atoms with Crippen LogP contribution >= 0.6 is 12.4 Å². The van der Waals surface area contributed by atoms with Crippen LogP contribution in [0.25, 0.3) is 0 Å². The van der Waals surface area contributed by atoms with Crippen LogP contribution < -0.4 is 10.6 Å². The van der Waals surface area contributed by atoms with Crippen molar-refractivity contribution in [2.24, 2.45) is 0 Å². The minimum atomic E-state index is -0.00639. The number of nitrogens with one attached hydrogen (secondary N) is 3. The van der Waals surface area contributed by atoms with E-state index in [0.717, 1.165) is 43.6 Å². The highest BCUT2D eigenvalue weighted by Crippen LogP contribution is 2.19. The summed E-state index contributed by atoms with van der Waals surface area (Å²) in [5, 5.41) is 13.7. The van der Waals surface area contributed by atoms with Gasteiger partial charge in [0.1, 0.15) is 0 Å². The van der Waals surface area contributed by atoms with Crippen LogP contribution in [0.3, 0.4) is 0 Å². The number of carbonyl (C=O) groups is 1. The summed E-state index contributed by atoms with van der Waals surface area (Å²) in [7, 11) is 0. The first-order chi connectivity index (χ1) is 9.34. The van der Waals surface area contributed by atoms with Crippen LogP contribution in [0.1, 0.15) is 60.3 Å².